The van der Waals surface area contributed by atoms with E-state index < -0.39 is 10.0 Å². The maximum atomic E-state index is 12.7. The zero-order valence-corrected chi connectivity index (χ0v) is 17.3. The molecule has 0 aromatic heterocycles. The molecule has 0 saturated carbocycles. The Morgan fingerprint density at radius 1 is 1.15 bits per heavy atom. The summed E-state index contributed by atoms with van der Waals surface area (Å²) in [6.45, 7) is 3.06. The number of nitrogens with zero attached hydrogens (tertiary/aromatic N) is 1. The summed E-state index contributed by atoms with van der Waals surface area (Å²) in [6, 6.07) is 11.4. The zero-order chi connectivity index (χ0) is 19.3. The van der Waals surface area contributed by atoms with Crippen LogP contribution >= 0.6 is 15.9 Å². The minimum Gasteiger partial charge on any atom is -0.351 e. The molecule has 0 aliphatic carbocycles. The highest BCUT2D eigenvalue weighted by molar-refractivity contribution is 9.10. The van der Waals surface area contributed by atoms with Gasteiger partial charge in [-0.15, -0.1) is 0 Å². The van der Waals surface area contributed by atoms with E-state index in [0.29, 0.717) is 28.8 Å². The highest BCUT2D eigenvalue weighted by Gasteiger charge is 2.17. The Kier molecular flexibility index (Phi) is 6.80. The molecule has 0 saturated heterocycles. The molecule has 2 rings (SSSR count). The second-order valence-corrected chi connectivity index (χ2v) is 8.71. The van der Waals surface area contributed by atoms with Gasteiger partial charge < -0.3 is 10.2 Å². The average Bonchev–Trinajstić information content (AvgIpc) is 2.57. The van der Waals surface area contributed by atoms with Crippen molar-refractivity contribution in [1.82, 2.24) is 10.2 Å². The van der Waals surface area contributed by atoms with E-state index in [1.54, 1.807) is 24.3 Å². The van der Waals surface area contributed by atoms with Crippen LogP contribution in [0.5, 0.6) is 0 Å². The number of rotatable bonds is 7. The van der Waals surface area contributed by atoms with E-state index in [9.17, 15) is 13.2 Å². The van der Waals surface area contributed by atoms with Crippen molar-refractivity contribution in [3.8, 4) is 0 Å². The van der Waals surface area contributed by atoms with Crippen molar-refractivity contribution < 1.29 is 13.2 Å². The molecule has 0 radical (unpaired) electrons. The van der Waals surface area contributed by atoms with E-state index in [1.807, 2.05) is 32.0 Å². The average molecular weight is 440 g/mol. The Morgan fingerprint density at radius 3 is 2.58 bits per heavy atom. The molecule has 140 valence electrons. The molecular weight excluding hydrogens is 418 g/mol. The molecule has 0 heterocycles. The SMILES string of the molecule is Cc1ccc(Br)c(NS(=O)(=O)c2cccc(C(=O)NCCN(C)C)c2)c1. The monoisotopic (exact) mass is 439 g/mol. The Labute approximate surface area is 162 Å². The lowest BCUT2D eigenvalue weighted by Gasteiger charge is -2.12. The van der Waals surface area contributed by atoms with Crippen molar-refractivity contribution in [3.63, 3.8) is 0 Å². The molecule has 26 heavy (non-hydrogen) atoms. The topological polar surface area (TPSA) is 78.5 Å². The summed E-state index contributed by atoms with van der Waals surface area (Å²) in [7, 11) is 0.0115. The van der Waals surface area contributed by atoms with Gasteiger partial charge in [0, 0.05) is 23.1 Å². The smallest absolute Gasteiger partial charge is 0.261 e. The molecule has 1 amide bonds. The van der Waals surface area contributed by atoms with Gasteiger partial charge in [-0.1, -0.05) is 12.1 Å². The molecule has 2 aromatic carbocycles. The zero-order valence-electron chi connectivity index (χ0n) is 14.9. The second-order valence-electron chi connectivity index (χ2n) is 6.18. The number of benzene rings is 2. The largest absolute Gasteiger partial charge is 0.351 e. The van der Waals surface area contributed by atoms with E-state index >= 15 is 0 Å². The van der Waals surface area contributed by atoms with Crippen molar-refractivity contribution >= 4 is 37.5 Å². The number of amides is 1. The van der Waals surface area contributed by atoms with Gasteiger partial charge >= 0.3 is 0 Å². The van der Waals surface area contributed by atoms with Crippen LogP contribution in [0.1, 0.15) is 15.9 Å². The first-order valence-corrected chi connectivity index (χ1v) is 10.3. The third kappa shape index (κ3) is 5.55. The van der Waals surface area contributed by atoms with Crippen LogP contribution in [-0.2, 0) is 10.0 Å². The molecule has 0 fully saturated rings. The predicted molar refractivity (Wildman–Crippen MR) is 107 cm³/mol. The summed E-state index contributed by atoms with van der Waals surface area (Å²) in [5.74, 6) is -0.305. The number of nitrogens with one attached hydrogen (secondary N) is 2. The van der Waals surface area contributed by atoms with Crippen LogP contribution in [0.15, 0.2) is 51.8 Å². The Hall–Kier alpha value is -1.90. The maximum Gasteiger partial charge on any atom is 0.261 e. The summed E-state index contributed by atoms with van der Waals surface area (Å²) in [6.07, 6.45) is 0. The first-order chi connectivity index (χ1) is 12.2. The quantitative estimate of drug-likeness (QED) is 0.694. The van der Waals surface area contributed by atoms with Gasteiger partial charge in [-0.2, -0.15) is 0 Å². The summed E-state index contributed by atoms with van der Waals surface area (Å²) >= 11 is 3.34. The number of likely N-dealkylation sites (N-methyl/N-ethyl adjacent to an activating group) is 1. The molecule has 2 aromatic rings. The first kappa shape index (κ1) is 20.4. The van der Waals surface area contributed by atoms with Crippen molar-refractivity contribution in [2.45, 2.75) is 11.8 Å². The van der Waals surface area contributed by atoms with E-state index in [1.165, 1.54) is 12.1 Å². The highest BCUT2D eigenvalue weighted by Crippen LogP contribution is 2.26. The van der Waals surface area contributed by atoms with Gasteiger partial charge in [-0.25, -0.2) is 8.42 Å². The number of aryl methyl sites for hydroxylation is 1. The molecule has 0 aliphatic rings. The van der Waals surface area contributed by atoms with Crippen LogP contribution in [0.4, 0.5) is 5.69 Å². The minimum atomic E-state index is -3.81. The number of carbonyl (C=O) groups excluding carboxylic acids is 1. The first-order valence-electron chi connectivity index (χ1n) is 8.01. The summed E-state index contributed by atoms with van der Waals surface area (Å²) in [5.41, 5.74) is 1.68. The van der Waals surface area contributed by atoms with Gasteiger partial charge in [0.1, 0.15) is 0 Å². The number of sulfonamides is 1. The molecule has 2 N–H and O–H groups in total. The van der Waals surface area contributed by atoms with E-state index in [-0.39, 0.29) is 10.8 Å². The van der Waals surface area contributed by atoms with Crippen LogP contribution in [0.3, 0.4) is 0 Å². The van der Waals surface area contributed by atoms with Crippen LogP contribution in [0, 0.1) is 6.92 Å². The van der Waals surface area contributed by atoms with Crippen LogP contribution in [-0.4, -0.2) is 46.4 Å². The molecular formula is C18H22BrN3O3S. The maximum absolute atomic E-state index is 12.7. The highest BCUT2D eigenvalue weighted by atomic mass is 79.9. The van der Waals surface area contributed by atoms with Gasteiger partial charge in [0.2, 0.25) is 0 Å². The van der Waals surface area contributed by atoms with Gasteiger partial charge in [0.15, 0.2) is 0 Å². The predicted octanol–water partition coefficient (Wildman–Crippen LogP) is 2.85. The molecule has 8 heteroatoms. The van der Waals surface area contributed by atoms with Gasteiger partial charge in [-0.05, 0) is 72.8 Å². The number of halogens is 1. The fourth-order valence-electron chi connectivity index (χ4n) is 2.22. The fourth-order valence-corrected chi connectivity index (χ4v) is 3.81. The number of anilines is 1. The van der Waals surface area contributed by atoms with E-state index in [4.69, 9.17) is 0 Å². The van der Waals surface area contributed by atoms with Crippen molar-refractivity contribution in [2.75, 3.05) is 31.9 Å². The lowest BCUT2D eigenvalue weighted by atomic mass is 10.2. The van der Waals surface area contributed by atoms with Crippen molar-refractivity contribution in [2.24, 2.45) is 0 Å². The fraction of sp³-hybridized carbons (Fsp3) is 0.278. The summed E-state index contributed by atoms with van der Waals surface area (Å²) in [5, 5.41) is 2.77. The Bertz CT molecular complexity index is 898. The third-order valence-corrected chi connectivity index (χ3v) is 5.67. The van der Waals surface area contributed by atoms with Crippen molar-refractivity contribution in [1.29, 1.82) is 0 Å². The molecule has 0 spiro atoms. The normalized spacial score (nSPS) is 11.4. The van der Waals surface area contributed by atoms with Crippen LogP contribution in [0.25, 0.3) is 0 Å². The van der Waals surface area contributed by atoms with Gasteiger partial charge in [0.25, 0.3) is 15.9 Å². The van der Waals surface area contributed by atoms with Gasteiger partial charge in [-0.3, -0.25) is 9.52 Å². The van der Waals surface area contributed by atoms with Gasteiger partial charge in [0.05, 0.1) is 10.6 Å². The van der Waals surface area contributed by atoms with Crippen molar-refractivity contribution in [3.05, 3.63) is 58.1 Å². The van der Waals surface area contributed by atoms with Crippen LogP contribution < -0.4 is 10.0 Å². The second kappa shape index (κ2) is 8.66. The number of hydrogen-bond acceptors (Lipinski definition) is 4. The molecule has 0 unspecified atom stereocenters. The molecule has 6 nitrogen and oxygen atoms in total. The molecule has 0 bridgehead atoms. The van der Waals surface area contributed by atoms with Crippen LogP contribution in [0.2, 0.25) is 0 Å². The van der Waals surface area contributed by atoms with E-state index in [0.717, 1.165) is 5.56 Å². The molecule has 0 atom stereocenters. The molecule has 0 aliphatic heterocycles. The Balaban J connectivity index is 2.19. The minimum absolute atomic E-state index is 0.0335. The lowest BCUT2D eigenvalue weighted by molar-refractivity contribution is 0.0951. The number of carbonyl (C=O) groups is 1. The third-order valence-electron chi connectivity index (χ3n) is 3.62. The summed E-state index contributed by atoms with van der Waals surface area (Å²) in [4.78, 5) is 14.2. The van der Waals surface area contributed by atoms with E-state index in [2.05, 4.69) is 26.0 Å². The number of hydrogen-bond donors (Lipinski definition) is 2. The summed E-state index contributed by atoms with van der Waals surface area (Å²) < 4.78 is 28.5. The standard InChI is InChI=1S/C18H22BrN3O3S/c1-13-7-8-16(19)17(11-13)21-26(24,25)15-6-4-5-14(12-15)18(23)20-9-10-22(2)3/h4-8,11-12,21H,9-10H2,1-3H3,(H,20,23). The Morgan fingerprint density at radius 2 is 1.88 bits per heavy atom. The lowest BCUT2D eigenvalue weighted by Crippen LogP contribution is -2.31.